The zero-order chi connectivity index (χ0) is 17.8. The largest absolute Gasteiger partial charge is 0.315 e. The van der Waals surface area contributed by atoms with Gasteiger partial charge in [0.1, 0.15) is 6.54 Å². The topological polar surface area (TPSA) is 27.2 Å². The van der Waals surface area contributed by atoms with Crippen molar-refractivity contribution in [3.05, 3.63) is 70.5 Å². The first-order valence-electron chi connectivity index (χ1n) is 8.69. The lowest BCUT2D eigenvalue weighted by Crippen LogP contribution is -3.07. The third-order valence-corrected chi connectivity index (χ3v) is 4.82. The van der Waals surface area contributed by atoms with Gasteiger partial charge in [-0.2, -0.15) is 4.68 Å². The predicted octanol–water partition coefficient (Wildman–Crippen LogP) is 3.08. The lowest BCUT2D eigenvalue weighted by Gasteiger charge is -2.13. The quantitative estimate of drug-likeness (QED) is 0.690. The summed E-state index contributed by atoms with van der Waals surface area (Å²) in [4.78, 5) is 1.35. The molecule has 0 aliphatic carbocycles. The van der Waals surface area contributed by atoms with Crippen molar-refractivity contribution < 1.29 is 4.90 Å². The monoisotopic (exact) mass is 353 g/mol. The molecule has 0 aliphatic rings. The zero-order valence-electron chi connectivity index (χ0n) is 15.1. The molecule has 1 N–H and O–H groups in total. The fourth-order valence-electron chi connectivity index (χ4n) is 3.11. The van der Waals surface area contributed by atoms with Crippen LogP contribution in [-0.4, -0.2) is 21.4 Å². The van der Waals surface area contributed by atoms with Gasteiger partial charge in [-0.15, -0.1) is 5.10 Å². The van der Waals surface area contributed by atoms with Crippen LogP contribution in [0.15, 0.2) is 54.6 Å². The van der Waals surface area contributed by atoms with Crippen LogP contribution in [0.2, 0.25) is 0 Å². The van der Waals surface area contributed by atoms with E-state index in [0.717, 1.165) is 35.9 Å². The van der Waals surface area contributed by atoms with E-state index in [1.807, 2.05) is 10.7 Å². The van der Waals surface area contributed by atoms with Crippen molar-refractivity contribution in [2.45, 2.75) is 33.6 Å². The summed E-state index contributed by atoms with van der Waals surface area (Å²) < 4.78 is 4.86. The number of hydrogen-bond donors (Lipinski definition) is 1. The maximum atomic E-state index is 5.69. The molecule has 0 spiro atoms. The molecule has 130 valence electrons. The molecular weight excluding hydrogens is 328 g/mol. The minimum atomic E-state index is 0.750. The smallest absolute Gasteiger partial charge is 0.203 e. The molecule has 1 unspecified atom stereocenters. The molecule has 3 aromatic rings. The van der Waals surface area contributed by atoms with E-state index in [-0.39, 0.29) is 0 Å². The first-order chi connectivity index (χ1) is 12.1. The summed E-state index contributed by atoms with van der Waals surface area (Å²) in [6.07, 6.45) is 0. The minimum absolute atomic E-state index is 0.750. The van der Waals surface area contributed by atoms with Crippen molar-refractivity contribution in [3.8, 4) is 11.4 Å². The first kappa shape index (κ1) is 17.6. The first-order valence-corrected chi connectivity index (χ1v) is 9.10. The molecule has 1 aromatic heterocycles. The molecule has 0 radical (unpaired) electrons. The number of aromatic nitrogens is 3. The van der Waals surface area contributed by atoms with Crippen LogP contribution in [0.3, 0.4) is 0 Å². The Labute approximate surface area is 154 Å². The fraction of sp³-hybridized carbons (Fsp3) is 0.300. The van der Waals surface area contributed by atoms with Gasteiger partial charge in [0.15, 0.2) is 12.5 Å². The van der Waals surface area contributed by atoms with Crippen LogP contribution >= 0.6 is 12.2 Å². The lowest BCUT2D eigenvalue weighted by molar-refractivity contribution is -0.917. The van der Waals surface area contributed by atoms with Gasteiger partial charge in [0.25, 0.3) is 0 Å². The van der Waals surface area contributed by atoms with E-state index < -0.39 is 0 Å². The second-order valence-electron chi connectivity index (χ2n) is 6.44. The van der Waals surface area contributed by atoms with Gasteiger partial charge in [-0.05, 0) is 31.6 Å². The number of nitrogens with one attached hydrogen (secondary N) is 1. The molecule has 0 amide bonds. The van der Waals surface area contributed by atoms with Crippen molar-refractivity contribution in [1.82, 2.24) is 14.3 Å². The van der Waals surface area contributed by atoms with E-state index in [0.29, 0.717) is 0 Å². The fourth-order valence-corrected chi connectivity index (χ4v) is 3.43. The highest BCUT2D eigenvalue weighted by atomic mass is 32.1. The number of rotatable bonds is 6. The van der Waals surface area contributed by atoms with E-state index in [4.69, 9.17) is 17.3 Å². The maximum absolute atomic E-state index is 5.69. The van der Waals surface area contributed by atoms with E-state index in [9.17, 15) is 0 Å². The minimum Gasteiger partial charge on any atom is -0.315 e. The van der Waals surface area contributed by atoms with Crippen LogP contribution in [0.1, 0.15) is 18.1 Å². The van der Waals surface area contributed by atoms with Crippen LogP contribution in [0.5, 0.6) is 0 Å². The van der Waals surface area contributed by atoms with Gasteiger partial charge >= 0.3 is 0 Å². The molecule has 0 fully saturated rings. The second kappa shape index (κ2) is 7.76. The molecule has 3 rings (SSSR count). The van der Waals surface area contributed by atoms with Crippen LogP contribution in [-0.2, 0) is 19.8 Å². The molecule has 25 heavy (non-hydrogen) atoms. The van der Waals surface area contributed by atoms with Gasteiger partial charge in [0, 0.05) is 17.7 Å². The summed E-state index contributed by atoms with van der Waals surface area (Å²) in [5.41, 5.74) is 3.69. The number of quaternary nitrogens is 1. The lowest BCUT2D eigenvalue weighted by atomic mass is 10.1. The highest BCUT2D eigenvalue weighted by Crippen LogP contribution is 2.21. The maximum Gasteiger partial charge on any atom is 0.203 e. The van der Waals surface area contributed by atoms with Crippen molar-refractivity contribution in [1.29, 1.82) is 0 Å². The summed E-state index contributed by atoms with van der Waals surface area (Å²) in [6.45, 7) is 6.75. The van der Waals surface area contributed by atoms with E-state index in [1.165, 1.54) is 16.0 Å². The normalized spacial score (nSPS) is 12.3. The number of hydrogen-bond acceptors (Lipinski definition) is 2. The second-order valence-corrected chi connectivity index (χ2v) is 6.81. The third-order valence-electron chi connectivity index (χ3n) is 4.39. The van der Waals surface area contributed by atoms with Gasteiger partial charge in [0.05, 0.1) is 7.05 Å². The Morgan fingerprint density at radius 1 is 1.04 bits per heavy atom. The predicted molar refractivity (Wildman–Crippen MR) is 104 cm³/mol. The zero-order valence-corrected chi connectivity index (χ0v) is 15.9. The SMILES string of the molecule is CCn1c(-c2ccccc2C)nn(C[NH+](C)Cc2ccccc2)c1=S. The number of aryl methyl sites for hydroxylation is 1. The van der Waals surface area contributed by atoms with Gasteiger partial charge in [-0.25, -0.2) is 0 Å². The molecule has 0 saturated heterocycles. The number of nitrogens with zero attached hydrogens (tertiary/aromatic N) is 3. The van der Waals surface area contributed by atoms with Crippen molar-refractivity contribution >= 4 is 12.2 Å². The Kier molecular flexibility index (Phi) is 5.46. The average Bonchev–Trinajstić information content (AvgIpc) is 2.91. The van der Waals surface area contributed by atoms with E-state index in [1.54, 1.807) is 0 Å². The molecule has 4 nitrogen and oxygen atoms in total. The molecule has 1 atom stereocenters. The molecule has 1 heterocycles. The van der Waals surface area contributed by atoms with E-state index in [2.05, 4.69) is 74.0 Å². The van der Waals surface area contributed by atoms with Crippen molar-refractivity contribution in [3.63, 3.8) is 0 Å². The van der Waals surface area contributed by atoms with Crippen molar-refractivity contribution in [2.24, 2.45) is 0 Å². The van der Waals surface area contributed by atoms with Crippen molar-refractivity contribution in [2.75, 3.05) is 7.05 Å². The summed E-state index contributed by atoms with van der Waals surface area (Å²) in [5, 5.41) is 4.85. The molecule has 0 aliphatic heterocycles. The van der Waals surface area contributed by atoms with Crippen LogP contribution < -0.4 is 4.90 Å². The molecule has 0 saturated carbocycles. The summed E-state index contributed by atoms with van der Waals surface area (Å²) in [6, 6.07) is 18.9. The average molecular weight is 354 g/mol. The summed E-state index contributed by atoms with van der Waals surface area (Å²) >= 11 is 5.69. The molecule has 2 aromatic carbocycles. The summed E-state index contributed by atoms with van der Waals surface area (Å²) in [5.74, 6) is 0.957. The number of benzene rings is 2. The standard InChI is InChI=1S/C20H24N4S/c1-4-23-19(18-13-9-8-10-16(18)2)21-24(20(23)25)15-22(3)14-17-11-6-5-7-12-17/h5-13H,4,14-15H2,1-3H3/p+1. The molecule has 5 heteroatoms. The highest BCUT2D eigenvalue weighted by Gasteiger charge is 2.15. The Hall–Kier alpha value is -2.24. The molecule has 0 bridgehead atoms. The van der Waals surface area contributed by atoms with Gasteiger partial charge in [0.2, 0.25) is 4.77 Å². The molecular formula is C20H25N4S+. The Morgan fingerprint density at radius 2 is 1.72 bits per heavy atom. The van der Waals surface area contributed by atoms with Gasteiger partial charge in [-0.1, -0.05) is 54.6 Å². The Balaban J connectivity index is 1.88. The Bertz CT molecular complexity index is 896. The highest BCUT2D eigenvalue weighted by molar-refractivity contribution is 7.71. The van der Waals surface area contributed by atoms with Gasteiger partial charge in [-0.3, -0.25) is 0 Å². The van der Waals surface area contributed by atoms with Crippen LogP contribution in [0.25, 0.3) is 11.4 Å². The van der Waals surface area contributed by atoms with E-state index >= 15 is 0 Å². The Morgan fingerprint density at radius 3 is 2.40 bits per heavy atom. The van der Waals surface area contributed by atoms with Gasteiger partial charge < -0.3 is 9.47 Å². The summed E-state index contributed by atoms with van der Waals surface area (Å²) in [7, 11) is 2.17. The van der Waals surface area contributed by atoms with Crippen LogP contribution in [0.4, 0.5) is 0 Å². The van der Waals surface area contributed by atoms with Crippen LogP contribution in [0, 0.1) is 11.7 Å². The third kappa shape index (κ3) is 3.89.